The maximum atomic E-state index is 2.54. The topological polar surface area (TPSA) is 8.17 Å². The van der Waals surface area contributed by atoms with E-state index in [2.05, 4.69) is 243 Å². The Kier molecular flexibility index (Phi) is 7.96. The third-order valence-corrected chi connectivity index (χ3v) is 14.0. The minimum atomic E-state index is -0.225. The van der Waals surface area contributed by atoms with Crippen LogP contribution in [0.15, 0.2) is 206 Å². The van der Waals surface area contributed by atoms with E-state index in [-0.39, 0.29) is 10.8 Å². The van der Waals surface area contributed by atoms with Gasteiger partial charge in [-0.1, -0.05) is 167 Å². The fraction of sp³-hybridized carbons (Fsp3) is 0.100. The Hall–Kier alpha value is -7.42. The van der Waals surface area contributed by atoms with Gasteiger partial charge in [-0.05, 0) is 133 Å². The average Bonchev–Trinajstić information content (AvgIpc) is 3.85. The molecule has 2 aliphatic carbocycles. The lowest BCUT2D eigenvalue weighted by Crippen LogP contribution is -2.17. The number of fused-ring (bicyclic) bond motifs is 9. The van der Waals surface area contributed by atoms with E-state index in [0.29, 0.717) is 0 Å². The van der Waals surface area contributed by atoms with Crippen molar-refractivity contribution < 1.29 is 0 Å². The second-order valence-corrected chi connectivity index (χ2v) is 18.2. The van der Waals surface area contributed by atoms with Gasteiger partial charge in [-0.3, -0.25) is 0 Å². The lowest BCUT2D eigenvalue weighted by Gasteiger charge is -2.28. The molecule has 2 aliphatic rings. The zero-order valence-electron chi connectivity index (χ0n) is 35.5. The SMILES string of the molecule is CC1(C)c2cc(N(c3ccc(-c4ccccc4)cc3)c3ccc4c5ccccc5n(-c5ccccc5)c4c3)ccc2-c2cc3c(cc21)-c1c(-c2ccccc2)cccc1C3(C)C. The van der Waals surface area contributed by atoms with Crippen LogP contribution in [0.3, 0.4) is 0 Å². The number of anilines is 3. The van der Waals surface area contributed by atoms with Gasteiger partial charge >= 0.3 is 0 Å². The van der Waals surface area contributed by atoms with Crippen molar-refractivity contribution in [3.63, 3.8) is 0 Å². The van der Waals surface area contributed by atoms with Crippen LogP contribution < -0.4 is 4.90 Å². The van der Waals surface area contributed by atoms with Gasteiger partial charge in [0.25, 0.3) is 0 Å². The summed E-state index contributed by atoms with van der Waals surface area (Å²) < 4.78 is 2.41. The van der Waals surface area contributed by atoms with Crippen LogP contribution in [-0.2, 0) is 10.8 Å². The van der Waals surface area contributed by atoms with Crippen molar-refractivity contribution in [3.8, 4) is 50.2 Å². The van der Waals surface area contributed by atoms with E-state index in [1.807, 2.05) is 0 Å². The lowest BCUT2D eigenvalue weighted by atomic mass is 9.79. The lowest BCUT2D eigenvalue weighted by molar-refractivity contribution is 0.652. The van der Waals surface area contributed by atoms with Crippen molar-refractivity contribution in [2.75, 3.05) is 4.90 Å². The van der Waals surface area contributed by atoms with E-state index >= 15 is 0 Å². The van der Waals surface area contributed by atoms with Gasteiger partial charge < -0.3 is 9.47 Å². The standard InChI is InChI=1S/C60H46N2/c1-59(2)52-25-16-24-46(41-19-10-6-11-20-41)58(52)51-38-54-50(37-55(51)59)47-33-31-44(35-53(47)60(54,3)4)61(43-29-27-40(28-30-43)39-17-8-5-9-18-39)45-32-34-49-48-23-14-15-26-56(48)62(57(49)36-45)42-21-12-7-13-22-42/h5-38H,1-4H3. The molecule has 2 heteroatoms. The fourth-order valence-corrected chi connectivity index (χ4v) is 10.8. The Morgan fingerprint density at radius 3 is 1.65 bits per heavy atom. The van der Waals surface area contributed by atoms with Gasteiger partial charge in [-0.25, -0.2) is 0 Å². The van der Waals surface area contributed by atoms with Crippen LogP contribution in [0.25, 0.3) is 72.0 Å². The first kappa shape index (κ1) is 36.4. The van der Waals surface area contributed by atoms with Crippen LogP contribution in [0.4, 0.5) is 17.1 Å². The molecule has 0 atom stereocenters. The highest BCUT2D eigenvalue weighted by molar-refractivity contribution is 6.10. The van der Waals surface area contributed by atoms with E-state index in [1.165, 1.54) is 88.6 Å². The Bertz CT molecular complexity index is 3370. The summed E-state index contributed by atoms with van der Waals surface area (Å²) in [4.78, 5) is 2.45. The van der Waals surface area contributed by atoms with Gasteiger partial charge in [-0.15, -0.1) is 0 Å². The summed E-state index contributed by atoms with van der Waals surface area (Å²) in [5.74, 6) is 0. The van der Waals surface area contributed by atoms with Crippen molar-refractivity contribution >= 4 is 38.9 Å². The van der Waals surface area contributed by atoms with Crippen LogP contribution in [0.2, 0.25) is 0 Å². The van der Waals surface area contributed by atoms with Crippen molar-refractivity contribution in [3.05, 3.63) is 229 Å². The molecule has 0 fully saturated rings. The third-order valence-electron chi connectivity index (χ3n) is 14.0. The molecular formula is C60H46N2. The smallest absolute Gasteiger partial charge is 0.0561 e. The molecule has 2 nitrogen and oxygen atoms in total. The number of hydrogen-bond donors (Lipinski definition) is 0. The molecule has 0 saturated heterocycles. The molecular weight excluding hydrogens is 749 g/mol. The molecule has 10 aromatic rings. The van der Waals surface area contributed by atoms with Crippen LogP contribution in [0.1, 0.15) is 49.9 Å². The molecule has 0 aliphatic heterocycles. The Morgan fingerprint density at radius 1 is 0.339 bits per heavy atom. The predicted molar refractivity (Wildman–Crippen MR) is 261 cm³/mol. The largest absolute Gasteiger partial charge is 0.310 e. The molecule has 1 aromatic heterocycles. The molecule has 62 heavy (non-hydrogen) atoms. The van der Waals surface area contributed by atoms with Crippen LogP contribution in [0, 0.1) is 0 Å². The number of rotatable bonds is 6. The van der Waals surface area contributed by atoms with E-state index in [0.717, 1.165) is 22.7 Å². The van der Waals surface area contributed by atoms with Gasteiger partial charge in [0.05, 0.1) is 11.0 Å². The van der Waals surface area contributed by atoms with E-state index in [9.17, 15) is 0 Å². The zero-order chi connectivity index (χ0) is 41.7. The molecule has 0 N–H and O–H groups in total. The molecule has 0 radical (unpaired) electrons. The molecule has 0 amide bonds. The number of para-hydroxylation sites is 2. The Labute approximate surface area is 364 Å². The molecule has 9 aromatic carbocycles. The highest BCUT2D eigenvalue weighted by atomic mass is 15.1. The van der Waals surface area contributed by atoms with Crippen molar-refractivity contribution in [1.82, 2.24) is 4.57 Å². The summed E-state index contributed by atoms with van der Waals surface area (Å²) >= 11 is 0. The fourth-order valence-electron chi connectivity index (χ4n) is 10.8. The van der Waals surface area contributed by atoms with E-state index in [4.69, 9.17) is 0 Å². The van der Waals surface area contributed by atoms with Crippen LogP contribution in [-0.4, -0.2) is 4.57 Å². The minimum Gasteiger partial charge on any atom is -0.310 e. The highest BCUT2D eigenvalue weighted by Crippen LogP contribution is 2.58. The van der Waals surface area contributed by atoms with Crippen LogP contribution >= 0.6 is 0 Å². The summed E-state index contributed by atoms with van der Waals surface area (Å²) in [6.45, 7) is 9.64. The molecule has 0 bridgehead atoms. The molecule has 12 rings (SSSR count). The average molecular weight is 795 g/mol. The molecule has 1 heterocycles. The highest BCUT2D eigenvalue weighted by Gasteiger charge is 2.42. The monoisotopic (exact) mass is 794 g/mol. The van der Waals surface area contributed by atoms with Crippen molar-refractivity contribution in [2.45, 2.75) is 38.5 Å². The van der Waals surface area contributed by atoms with Crippen LogP contribution in [0.5, 0.6) is 0 Å². The normalized spacial score (nSPS) is 14.1. The molecule has 0 spiro atoms. The van der Waals surface area contributed by atoms with Gasteiger partial charge in [0, 0.05) is 44.4 Å². The summed E-state index contributed by atoms with van der Waals surface area (Å²) in [6, 6.07) is 76.3. The maximum Gasteiger partial charge on any atom is 0.0561 e. The van der Waals surface area contributed by atoms with E-state index < -0.39 is 0 Å². The summed E-state index contributed by atoms with van der Waals surface area (Å²) in [5, 5.41) is 2.49. The van der Waals surface area contributed by atoms with Crippen molar-refractivity contribution in [1.29, 1.82) is 0 Å². The Balaban J connectivity index is 1.03. The molecule has 0 unspecified atom stereocenters. The second kappa shape index (κ2) is 13.5. The third kappa shape index (κ3) is 5.36. The Morgan fingerprint density at radius 2 is 0.887 bits per heavy atom. The summed E-state index contributed by atoms with van der Waals surface area (Å²) in [7, 11) is 0. The van der Waals surface area contributed by atoms with Gasteiger partial charge in [-0.2, -0.15) is 0 Å². The number of nitrogens with zero attached hydrogens (tertiary/aromatic N) is 2. The maximum absolute atomic E-state index is 2.54. The second-order valence-electron chi connectivity index (χ2n) is 18.2. The van der Waals surface area contributed by atoms with E-state index in [1.54, 1.807) is 0 Å². The van der Waals surface area contributed by atoms with Gasteiger partial charge in [0.15, 0.2) is 0 Å². The minimum absolute atomic E-state index is 0.124. The summed E-state index contributed by atoms with van der Waals surface area (Å²) in [6.07, 6.45) is 0. The predicted octanol–water partition coefficient (Wildman–Crippen LogP) is 16.2. The zero-order valence-corrected chi connectivity index (χ0v) is 35.5. The first-order chi connectivity index (χ1) is 30.3. The van der Waals surface area contributed by atoms with Crippen molar-refractivity contribution in [2.24, 2.45) is 0 Å². The number of benzene rings is 9. The summed E-state index contributed by atoms with van der Waals surface area (Å²) in [5.41, 5.74) is 22.5. The quantitative estimate of drug-likeness (QED) is 0.163. The number of aromatic nitrogens is 1. The molecule has 296 valence electrons. The first-order valence-corrected chi connectivity index (χ1v) is 21.8. The number of hydrogen-bond acceptors (Lipinski definition) is 1. The first-order valence-electron chi connectivity index (χ1n) is 21.8. The van der Waals surface area contributed by atoms with Gasteiger partial charge in [0.2, 0.25) is 0 Å². The van der Waals surface area contributed by atoms with Gasteiger partial charge in [0.1, 0.15) is 0 Å². The molecule has 0 saturated carbocycles.